The van der Waals surface area contributed by atoms with Crippen molar-refractivity contribution in [1.29, 1.82) is 0 Å². The van der Waals surface area contributed by atoms with Crippen molar-refractivity contribution in [3.63, 3.8) is 0 Å². The minimum Gasteiger partial charge on any atom is -0.481 e. The van der Waals surface area contributed by atoms with E-state index in [-0.39, 0.29) is 6.42 Å². The highest BCUT2D eigenvalue weighted by molar-refractivity contribution is 9.11. The number of aliphatic hydroxyl groups excluding tert-OH is 1. The van der Waals surface area contributed by atoms with E-state index in [1.807, 2.05) is 0 Å². The van der Waals surface area contributed by atoms with Crippen LogP contribution in [-0.4, -0.2) is 21.2 Å². The average molecular weight is 325 g/mol. The van der Waals surface area contributed by atoms with E-state index in [4.69, 9.17) is 5.11 Å². The first-order valence-electron chi connectivity index (χ1n) is 3.72. The van der Waals surface area contributed by atoms with Crippen LogP contribution in [0.2, 0.25) is 0 Å². The number of pyridine rings is 1. The van der Waals surface area contributed by atoms with Crippen LogP contribution in [-0.2, 0) is 4.79 Å². The van der Waals surface area contributed by atoms with Crippen LogP contribution in [0.4, 0.5) is 0 Å². The number of rotatable bonds is 3. The van der Waals surface area contributed by atoms with Crippen molar-refractivity contribution < 1.29 is 15.0 Å². The van der Waals surface area contributed by atoms with Crippen LogP contribution in [0.1, 0.15) is 18.1 Å². The minimum absolute atomic E-state index is 0.331. The number of carboxylic acids is 1. The van der Waals surface area contributed by atoms with Gasteiger partial charge in [-0.25, -0.2) is 4.98 Å². The van der Waals surface area contributed by atoms with E-state index in [0.717, 1.165) is 0 Å². The summed E-state index contributed by atoms with van der Waals surface area (Å²) in [4.78, 5) is 14.3. The first-order chi connectivity index (χ1) is 6.50. The van der Waals surface area contributed by atoms with Crippen LogP contribution in [0.15, 0.2) is 21.3 Å². The Kier molecular flexibility index (Phi) is 4.03. The summed E-state index contributed by atoms with van der Waals surface area (Å²) in [5.74, 6) is -1.05. The van der Waals surface area contributed by atoms with Gasteiger partial charge in [0.15, 0.2) is 0 Å². The number of hydrogen-bond donors (Lipinski definition) is 2. The van der Waals surface area contributed by atoms with Crippen molar-refractivity contribution in [1.82, 2.24) is 4.98 Å². The molecule has 0 amide bonds. The molecule has 76 valence electrons. The van der Waals surface area contributed by atoms with Crippen LogP contribution in [0.3, 0.4) is 0 Å². The molecule has 6 heteroatoms. The molecule has 0 aliphatic carbocycles. The molecule has 2 N–H and O–H groups in total. The topological polar surface area (TPSA) is 70.4 Å². The SMILES string of the molecule is O=C(O)CC(O)c1ccc(Br)nc1Br. The number of halogens is 2. The number of aliphatic carboxylic acids is 1. The lowest BCUT2D eigenvalue weighted by atomic mass is 10.1. The van der Waals surface area contributed by atoms with Crippen molar-refractivity contribution in [3.05, 3.63) is 26.9 Å². The number of carboxylic acid groups (broad SMARTS) is 1. The molecule has 14 heavy (non-hydrogen) atoms. The van der Waals surface area contributed by atoms with Gasteiger partial charge in [-0.3, -0.25) is 4.79 Å². The van der Waals surface area contributed by atoms with E-state index >= 15 is 0 Å². The molecule has 0 saturated carbocycles. The van der Waals surface area contributed by atoms with Crippen molar-refractivity contribution in [2.45, 2.75) is 12.5 Å². The monoisotopic (exact) mass is 323 g/mol. The van der Waals surface area contributed by atoms with Gasteiger partial charge >= 0.3 is 5.97 Å². The molecule has 0 aliphatic rings. The van der Waals surface area contributed by atoms with Gasteiger partial charge in [-0.05, 0) is 37.9 Å². The Labute approximate surface area is 97.2 Å². The molecule has 1 aromatic heterocycles. The third-order valence-corrected chi connectivity index (χ3v) is 2.65. The quantitative estimate of drug-likeness (QED) is 0.835. The van der Waals surface area contributed by atoms with Gasteiger partial charge in [0.1, 0.15) is 9.21 Å². The lowest BCUT2D eigenvalue weighted by Crippen LogP contribution is -2.06. The van der Waals surface area contributed by atoms with E-state index in [1.165, 1.54) is 0 Å². The maximum absolute atomic E-state index is 10.4. The Hall–Kier alpha value is -0.460. The zero-order valence-corrected chi connectivity index (χ0v) is 10.1. The van der Waals surface area contributed by atoms with E-state index in [2.05, 4.69) is 36.8 Å². The Morgan fingerprint density at radius 3 is 2.64 bits per heavy atom. The standard InChI is InChI=1S/C8H7Br2NO3/c9-6-2-1-4(8(10)11-6)5(12)3-7(13)14/h1-2,5,12H,3H2,(H,13,14). The van der Waals surface area contributed by atoms with Crippen molar-refractivity contribution >= 4 is 37.8 Å². The maximum atomic E-state index is 10.4. The molecule has 0 saturated heterocycles. The van der Waals surface area contributed by atoms with Crippen molar-refractivity contribution in [2.75, 3.05) is 0 Å². The number of aliphatic hydroxyl groups is 1. The normalized spacial score (nSPS) is 12.5. The summed E-state index contributed by atoms with van der Waals surface area (Å²) in [5.41, 5.74) is 0.468. The highest BCUT2D eigenvalue weighted by Gasteiger charge is 2.15. The van der Waals surface area contributed by atoms with Gasteiger partial charge < -0.3 is 10.2 Å². The molecule has 4 nitrogen and oxygen atoms in total. The first kappa shape index (κ1) is 11.6. The third kappa shape index (κ3) is 3.04. The zero-order chi connectivity index (χ0) is 10.7. The molecule has 1 heterocycles. The van der Waals surface area contributed by atoms with Crippen LogP contribution >= 0.6 is 31.9 Å². The molecule has 1 rings (SSSR count). The Morgan fingerprint density at radius 1 is 1.50 bits per heavy atom. The summed E-state index contributed by atoms with van der Waals surface area (Å²) in [6.07, 6.45) is -1.37. The van der Waals surface area contributed by atoms with E-state index < -0.39 is 12.1 Å². The smallest absolute Gasteiger partial charge is 0.306 e. The number of aromatic nitrogens is 1. The minimum atomic E-state index is -1.05. The summed E-state index contributed by atoms with van der Waals surface area (Å²) < 4.78 is 1.07. The predicted octanol–water partition coefficient (Wildman–Crippen LogP) is 2.11. The second-order valence-corrected chi connectivity index (χ2v) is 4.19. The van der Waals surface area contributed by atoms with Crippen LogP contribution in [0, 0.1) is 0 Å². The lowest BCUT2D eigenvalue weighted by Gasteiger charge is -2.09. The second-order valence-electron chi connectivity index (χ2n) is 2.63. The molecule has 0 bridgehead atoms. The summed E-state index contributed by atoms with van der Waals surface area (Å²) in [7, 11) is 0. The first-order valence-corrected chi connectivity index (χ1v) is 5.31. The number of carbonyl (C=O) groups is 1. The van der Waals surface area contributed by atoms with Crippen LogP contribution in [0.5, 0.6) is 0 Å². The third-order valence-electron chi connectivity index (χ3n) is 1.57. The highest BCUT2D eigenvalue weighted by Crippen LogP contribution is 2.25. The fourth-order valence-electron chi connectivity index (χ4n) is 0.947. The van der Waals surface area contributed by atoms with E-state index in [9.17, 15) is 9.90 Å². The molecule has 1 aromatic rings. The molecule has 0 spiro atoms. The fourth-order valence-corrected chi connectivity index (χ4v) is 2.08. The van der Waals surface area contributed by atoms with E-state index in [0.29, 0.717) is 14.8 Å². The maximum Gasteiger partial charge on any atom is 0.306 e. The molecule has 0 fully saturated rings. The van der Waals surface area contributed by atoms with Gasteiger partial charge in [0.2, 0.25) is 0 Å². The predicted molar refractivity (Wildman–Crippen MR) is 56.8 cm³/mol. The number of nitrogens with zero attached hydrogens (tertiary/aromatic N) is 1. The average Bonchev–Trinajstić information content (AvgIpc) is 2.01. The molecular formula is C8H7Br2NO3. The number of hydrogen-bond acceptors (Lipinski definition) is 3. The molecular weight excluding hydrogens is 318 g/mol. The lowest BCUT2D eigenvalue weighted by molar-refractivity contribution is -0.139. The van der Waals surface area contributed by atoms with E-state index in [1.54, 1.807) is 12.1 Å². The molecule has 1 atom stereocenters. The van der Waals surface area contributed by atoms with Crippen LogP contribution in [0.25, 0.3) is 0 Å². The zero-order valence-electron chi connectivity index (χ0n) is 6.94. The Balaban J connectivity index is 2.90. The largest absolute Gasteiger partial charge is 0.481 e. The summed E-state index contributed by atoms with van der Waals surface area (Å²) in [5, 5.41) is 18.0. The summed E-state index contributed by atoms with van der Waals surface area (Å²) in [6.45, 7) is 0. The molecule has 0 radical (unpaired) electrons. The highest BCUT2D eigenvalue weighted by atomic mass is 79.9. The van der Waals surface area contributed by atoms with Crippen molar-refractivity contribution in [3.8, 4) is 0 Å². The fraction of sp³-hybridized carbons (Fsp3) is 0.250. The summed E-state index contributed by atoms with van der Waals surface area (Å²) in [6, 6.07) is 3.26. The van der Waals surface area contributed by atoms with Crippen molar-refractivity contribution in [2.24, 2.45) is 0 Å². The van der Waals surface area contributed by atoms with Gasteiger partial charge in [-0.2, -0.15) is 0 Å². The van der Waals surface area contributed by atoms with Gasteiger partial charge in [0, 0.05) is 5.56 Å². The molecule has 0 aliphatic heterocycles. The summed E-state index contributed by atoms with van der Waals surface area (Å²) >= 11 is 6.30. The second kappa shape index (κ2) is 4.86. The molecule has 0 aromatic carbocycles. The van der Waals surface area contributed by atoms with Gasteiger partial charge in [0.25, 0.3) is 0 Å². The Bertz CT molecular complexity index is 356. The Morgan fingerprint density at radius 2 is 2.14 bits per heavy atom. The van der Waals surface area contributed by atoms with Gasteiger partial charge in [0.05, 0.1) is 12.5 Å². The van der Waals surface area contributed by atoms with Gasteiger partial charge in [-0.15, -0.1) is 0 Å². The molecule has 1 unspecified atom stereocenters. The van der Waals surface area contributed by atoms with Gasteiger partial charge in [-0.1, -0.05) is 6.07 Å². The van der Waals surface area contributed by atoms with Crippen LogP contribution < -0.4 is 0 Å².